The summed E-state index contributed by atoms with van der Waals surface area (Å²) in [7, 11) is -10.8. The average Bonchev–Trinajstić information content (AvgIpc) is 1.55. The molecule has 0 aliphatic carbocycles. The molecule has 10 saturated heterocycles. The monoisotopic (exact) mass is 1860 g/mol. The van der Waals surface area contributed by atoms with Crippen LogP contribution in [0.3, 0.4) is 0 Å². The number of nitrogens with zero attached hydrogens (tertiary/aromatic N) is 8. The fourth-order valence-electron chi connectivity index (χ4n) is 16.2. The zero-order valence-electron chi connectivity index (χ0n) is 69.7. The van der Waals surface area contributed by atoms with Crippen LogP contribution in [-0.2, 0) is 63.4 Å². The Bertz CT molecular complexity index is 3930. The molecule has 10 fully saturated rings. The predicted molar refractivity (Wildman–Crippen MR) is 473 cm³/mol. The van der Waals surface area contributed by atoms with Crippen molar-refractivity contribution in [2.24, 2.45) is 5.73 Å². The lowest BCUT2D eigenvalue weighted by molar-refractivity contribution is -0.172. The van der Waals surface area contributed by atoms with Crippen molar-refractivity contribution in [3.63, 3.8) is 0 Å². The van der Waals surface area contributed by atoms with Gasteiger partial charge in [-0.1, -0.05) is 107 Å². The van der Waals surface area contributed by atoms with Crippen LogP contribution in [0.4, 0.5) is 0 Å². The third-order valence-corrected chi connectivity index (χ3v) is 33.9. The molecule has 27 nitrogen and oxygen atoms in total. The summed E-state index contributed by atoms with van der Waals surface area (Å²) in [5.74, 6) is 0.705. The highest BCUT2D eigenvalue weighted by Gasteiger charge is 2.46. The van der Waals surface area contributed by atoms with Gasteiger partial charge < -0.3 is 31.2 Å². The number of rotatable bonds is 22. The van der Waals surface area contributed by atoms with E-state index in [1.54, 1.807) is 44.1 Å². The minimum Gasteiger partial charge on any atom is -0.350 e. The normalized spacial score (nSPS) is 21.8. The number of likely N-dealkylation sites (tertiary alicyclic amines) is 3. The van der Waals surface area contributed by atoms with Crippen LogP contribution in [0.2, 0.25) is 20.1 Å². The van der Waals surface area contributed by atoms with Crippen molar-refractivity contribution in [1.82, 2.24) is 47.9 Å². The zero-order chi connectivity index (χ0) is 86.4. The van der Waals surface area contributed by atoms with E-state index in [1.165, 1.54) is 80.9 Å². The third-order valence-electron chi connectivity index (χ3n) is 22.9. The van der Waals surface area contributed by atoms with Gasteiger partial charge >= 0.3 is 0 Å². The molecule has 2 aromatic rings. The number of ketones is 1. The fourth-order valence-corrected chi connectivity index (χ4v) is 24.4. The van der Waals surface area contributed by atoms with Gasteiger partial charge in [0.05, 0.1) is 69.2 Å². The molecule has 672 valence electrons. The van der Waals surface area contributed by atoms with Crippen LogP contribution in [0.25, 0.3) is 0 Å². The van der Waals surface area contributed by atoms with Gasteiger partial charge in [-0.15, -0.1) is 0 Å². The molecule has 0 bridgehead atoms. The molecule has 0 radical (unpaired) electrons. The van der Waals surface area contributed by atoms with Crippen LogP contribution in [-0.4, -0.2) is 286 Å². The van der Waals surface area contributed by atoms with Gasteiger partial charge in [0.1, 0.15) is 11.3 Å². The summed E-state index contributed by atoms with van der Waals surface area (Å²) in [4.78, 5) is 41.6. The number of carbonyl (C=O) groups is 3. The van der Waals surface area contributed by atoms with Crippen molar-refractivity contribution in [2.75, 3.05) is 173 Å². The number of nitrogens with two attached hydrogens (primary N) is 1. The van der Waals surface area contributed by atoms with Crippen LogP contribution < -0.4 is 21.7 Å². The topological polar surface area (TPSA) is 349 Å². The first-order valence-corrected chi connectivity index (χ1v) is 53.1. The van der Waals surface area contributed by atoms with E-state index < -0.39 is 59.9 Å². The average molecular weight is 1870 g/mol. The van der Waals surface area contributed by atoms with Gasteiger partial charge in [0.25, 0.3) is 11.1 Å². The Balaban J connectivity index is 0.000000250. The van der Waals surface area contributed by atoms with E-state index >= 15 is 0 Å². The van der Waals surface area contributed by atoms with Crippen molar-refractivity contribution in [3.05, 3.63) is 67.6 Å². The lowest BCUT2D eigenvalue weighted by Gasteiger charge is -2.50. The number of carbonyl (C=O) groups excluding carboxylic acids is 3. The number of ether oxygens (including phenoxy) is 2. The Kier molecular flexibility index (Phi) is 47.4. The van der Waals surface area contributed by atoms with Crippen LogP contribution in [0, 0.1) is 11.3 Å². The molecule has 38 heteroatoms. The Hall–Kier alpha value is -2.25. The molecule has 1 amide bonds. The number of halogens is 6. The van der Waals surface area contributed by atoms with E-state index in [1.807, 2.05) is 27.7 Å². The summed E-state index contributed by atoms with van der Waals surface area (Å²) < 4.78 is 134. The molecule has 0 atom stereocenters. The summed E-state index contributed by atoms with van der Waals surface area (Å²) in [6, 6.07) is 11.9. The van der Waals surface area contributed by atoms with E-state index in [9.17, 15) is 61.7 Å². The van der Waals surface area contributed by atoms with Crippen LogP contribution in [0.5, 0.6) is 0 Å². The van der Waals surface area contributed by atoms with E-state index in [4.69, 9.17) is 83.9 Å². The molecule has 0 aromatic heterocycles. The van der Waals surface area contributed by atoms with E-state index in [-0.39, 0.29) is 67.9 Å². The van der Waals surface area contributed by atoms with Crippen LogP contribution in [0.15, 0.2) is 36.4 Å². The highest BCUT2D eigenvalue weighted by atomic mass is 35.7. The fraction of sp³-hybridized carbons (Fsp3) is 0.797. The van der Waals surface area contributed by atoms with Crippen LogP contribution >= 0.6 is 68.7 Å². The molecule has 0 saturated carbocycles. The summed E-state index contributed by atoms with van der Waals surface area (Å²) in [5, 5.41) is 20.3. The minimum absolute atomic E-state index is 0.0403. The molecule has 117 heavy (non-hydrogen) atoms. The Morgan fingerprint density at radius 3 is 1.15 bits per heavy atom. The molecule has 2 aromatic carbocycles. The third kappa shape index (κ3) is 35.2. The first kappa shape index (κ1) is 105. The number of Topliss-reactive ketones (excluding diaryl/α,β-unsaturated/α-hetero) is 1. The number of nitrogens with one attached hydrogen (secondary N) is 3. The molecule has 10 aliphatic heterocycles. The van der Waals surface area contributed by atoms with Crippen LogP contribution in [0.1, 0.15) is 229 Å². The van der Waals surface area contributed by atoms with Crippen molar-refractivity contribution >= 4 is 135 Å². The second-order valence-corrected chi connectivity index (χ2v) is 44.7. The molecule has 5 N–H and O–H groups in total. The van der Waals surface area contributed by atoms with Crippen molar-refractivity contribution < 1.29 is 65.9 Å². The summed E-state index contributed by atoms with van der Waals surface area (Å²) >= 11 is 28.6. The standard InChI is InChI=1S/C21H31Cl2N3O3S.C14H29N3O2S.C14H25N3O2S.C8H15NO3S.C7H3Cl3O.C7H13NO2.C5H11N.C3H7ClO2S/c1-2-14-30(28,29)26-12-8-21(9-13-26,25-10-4-3-5-11-25)16-24-20(27)18-7-6-17(22)15-19(18)23;2*1-2-12-20(18,19)17-10-6-14(13-15,7-11-17)16-8-4-3-5-9-16;1-2-7-13(11,12)9-5-3-8(10)4-6-9;8-4-1-2-5(7(10)11)6(9)3-4;1-3-8-4-2-7(1)9-5-6-10-7;1-2-4-6-5-3-1;1-2-3-7(4,5)6/h6-7,15H,2-5,8-14,16H2,1H3,(H,24,27);2-13,15H2,1H3;2-12H2,1H3;2-7H2,1H3;1-3H;8H,1-6H2;6H,1-5H2;2-3H2,1H3. The lowest BCUT2D eigenvalue weighted by atomic mass is 9.84. The second-order valence-electron chi connectivity index (χ2n) is 31.5. The zero-order valence-corrected chi connectivity index (χ0v) is 78.4. The van der Waals surface area contributed by atoms with Gasteiger partial charge in [-0.2, -0.15) is 5.26 Å². The lowest BCUT2D eigenvalue weighted by Crippen LogP contribution is -2.62. The maximum atomic E-state index is 12.8. The molecule has 1 spiro atoms. The van der Waals surface area contributed by atoms with Gasteiger partial charge in [-0.05, 0) is 222 Å². The number of amides is 1. The molecule has 10 heterocycles. The number of hydrogen-bond acceptors (Lipinski definition) is 22. The van der Waals surface area contributed by atoms with Gasteiger partial charge in [-0.3, -0.25) is 29.1 Å². The molecule has 12 rings (SSSR count). The summed E-state index contributed by atoms with van der Waals surface area (Å²) in [6.45, 7) is 26.7. The summed E-state index contributed by atoms with van der Waals surface area (Å²) in [5.41, 5.74) is 6.13. The number of hydrogen-bond donors (Lipinski definition) is 4. The van der Waals surface area contributed by atoms with E-state index in [2.05, 4.69) is 36.7 Å². The Labute approximate surface area is 730 Å². The maximum Gasteiger partial charge on any atom is 0.253 e. The van der Waals surface area contributed by atoms with Crippen molar-refractivity contribution in [3.8, 4) is 6.07 Å². The maximum absolute atomic E-state index is 12.8. The van der Waals surface area contributed by atoms with E-state index in [0.717, 1.165) is 117 Å². The number of sulfonamides is 4. The molecular formula is C79H134Cl6N12O15S5. The highest BCUT2D eigenvalue weighted by molar-refractivity contribution is 8.13. The highest BCUT2D eigenvalue weighted by Crippen LogP contribution is 2.37. The van der Waals surface area contributed by atoms with Crippen molar-refractivity contribution in [1.29, 1.82) is 5.26 Å². The second kappa shape index (κ2) is 52.6. The SMILES string of the molecule is C1CC2(CCN1)OCCO2.C1CCNCC1.CCCS(=O)(=O)Cl.CCCS(=O)(=O)N1CCC(=O)CC1.CCCS(=O)(=O)N1CCC(C#N)(N2CCCCC2)CC1.CCCS(=O)(=O)N1CCC(CN)(N2CCCCC2)CC1.CCCS(=O)(=O)N1CCC(CNC(=O)c2ccc(Cl)cc2Cl)(N2CCCCC2)CC1.O=C(Cl)c1ccc(Cl)cc1Cl. The number of nitriles is 1. The number of benzene rings is 2. The largest absolute Gasteiger partial charge is 0.350 e. The number of piperidine rings is 9. The minimum atomic E-state index is -3.20. The van der Waals surface area contributed by atoms with E-state index in [0.29, 0.717) is 157 Å². The molecule has 10 aliphatic rings. The molecule has 0 unspecified atom stereocenters. The quantitative estimate of drug-likeness (QED) is 0.0796. The Morgan fingerprint density at radius 2 is 0.821 bits per heavy atom. The summed E-state index contributed by atoms with van der Waals surface area (Å²) in [6.07, 6.45) is 25.5. The smallest absolute Gasteiger partial charge is 0.253 e. The van der Waals surface area contributed by atoms with Gasteiger partial charge in [0, 0.05) is 136 Å². The molecular weight excluding hydrogens is 1730 g/mol. The first-order chi connectivity index (χ1) is 55.5. The predicted octanol–water partition coefficient (Wildman–Crippen LogP) is 12.0. The van der Waals surface area contributed by atoms with Crippen molar-refractivity contribution in [2.45, 2.75) is 230 Å². The van der Waals surface area contributed by atoms with Gasteiger partial charge in [0.15, 0.2) is 5.79 Å². The van der Waals surface area contributed by atoms with Gasteiger partial charge in [0.2, 0.25) is 49.1 Å². The van der Waals surface area contributed by atoms with Gasteiger partial charge in [-0.25, -0.2) is 59.3 Å². The first-order valence-electron chi connectivity index (χ1n) is 42.3. The Morgan fingerprint density at radius 1 is 0.470 bits per heavy atom.